The molecular weight excluding hydrogens is 456 g/mol. The van der Waals surface area contributed by atoms with Crippen LogP contribution in [-0.4, -0.2) is 67.8 Å². The van der Waals surface area contributed by atoms with Crippen LogP contribution < -0.4 is 10.2 Å². The van der Waals surface area contributed by atoms with Crippen LogP contribution in [0.4, 0.5) is 5.82 Å². The molecule has 0 radical (unpaired) electrons. The molecule has 3 fully saturated rings. The van der Waals surface area contributed by atoms with Gasteiger partial charge in [0.25, 0.3) is 0 Å². The Balaban J connectivity index is 0.970. The predicted octanol–water partition coefficient (Wildman–Crippen LogP) is 5.08. The number of hydrogen-bond donors (Lipinski definition) is 1. The van der Waals surface area contributed by atoms with Crippen LogP contribution in [0.5, 0.6) is 0 Å². The van der Waals surface area contributed by atoms with Gasteiger partial charge < -0.3 is 15.0 Å². The first-order chi connectivity index (χ1) is 17.2. The van der Waals surface area contributed by atoms with E-state index in [2.05, 4.69) is 32.6 Å². The number of fused-ring (bicyclic) bond motifs is 1. The van der Waals surface area contributed by atoms with Crippen LogP contribution in [-0.2, 0) is 9.53 Å². The molecule has 0 bridgehead atoms. The maximum absolute atomic E-state index is 12.6. The van der Waals surface area contributed by atoms with Crippen molar-refractivity contribution in [2.45, 2.75) is 76.4 Å². The third-order valence-corrected chi connectivity index (χ3v) is 9.58. The number of methoxy groups -OCH3 is 1. The van der Waals surface area contributed by atoms with Crippen molar-refractivity contribution in [2.24, 2.45) is 11.8 Å². The van der Waals surface area contributed by atoms with E-state index in [4.69, 9.17) is 9.72 Å². The summed E-state index contributed by atoms with van der Waals surface area (Å²) in [4.78, 5) is 22.4. The first kappa shape index (κ1) is 25.0. The second-order valence-electron chi connectivity index (χ2n) is 11.0. The standard InChI is InChI=1S/C28H42N4O2S/c1-34-24-8-4-22(5-9-24)20-27(33)30-23-6-2-21(3-7-23)11-14-31-15-17-32(18-16-31)28-25-12-19-35-26(25)10-13-29-28/h10,12-13,19,21-24H,2-9,11,14-18,20H2,1H3,(H,30,33). The molecule has 0 spiro atoms. The van der Waals surface area contributed by atoms with Gasteiger partial charge in [0.1, 0.15) is 5.82 Å². The molecule has 1 amide bonds. The number of aromatic nitrogens is 1. The van der Waals surface area contributed by atoms with Gasteiger partial charge in [0, 0.05) is 62.0 Å². The van der Waals surface area contributed by atoms with Crippen molar-refractivity contribution in [3.05, 3.63) is 23.7 Å². The Labute approximate surface area is 214 Å². The van der Waals surface area contributed by atoms with E-state index >= 15 is 0 Å². The number of pyridine rings is 1. The van der Waals surface area contributed by atoms with Crippen LogP contribution in [0, 0.1) is 11.8 Å². The van der Waals surface area contributed by atoms with E-state index in [9.17, 15) is 4.79 Å². The summed E-state index contributed by atoms with van der Waals surface area (Å²) >= 11 is 1.80. The lowest BCUT2D eigenvalue weighted by atomic mass is 9.83. The fraction of sp³-hybridized carbons (Fsp3) is 0.714. The van der Waals surface area contributed by atoms with E-state index in [1.165, 1.54) is 35.9 Å². The number of carbonyl (C=O) groups excluding carboxylic acids is 1. The Morgan fingerprint density at radius 1 is 1.03 bits per heavy atom. The zero-order valence-corrected chi connectivity index (χ0v) is 22.1. The third-order valence-electron chi connectivity index (χ3n) is 8.70. The highest BCUT2D eigenvalue weighted by atomic mass is 32.1. The highest BCUT2D eigenvalue weighted by Gasteiger charge is 2.27. The molecule has 0 atom stereocenters. The van der Waals surface area contributed by atoms with E-state index in [-0.39, 0.29) is 5.91 Å². The SMILES string of the molecule is COC1CCC(CC(=O)NC2CCC(CCN3CCN(c4nccc5sccc45)CC3)CC2)CC1. The quantitative estimate of drug-likeness (QED) is 0.550. The molecule has 3 aliphatic rings. The molecule has 2 aromatic heterocycles. The summed E-state index contributed by atoms with van der Waals surface area (Å²) in [5.41, 5.74) is 0. The highest BCUT2D eigenvalue weighted by molar-refractivity contribution is 7.17. The fourth-order valence-electron chi connectivity index (χ4n) is 6.40. The first-order valence-electron chi connectivity index (χ1n) is 13.8. The normalized spacial score (nSPS) is 28.3. The second-order valence-corrected chi connectivity index (χ2v) is 11.9. The molecule has 5 rings (SSSR count). The third kappa shape index (κ3) is 6.55. The Hall–Kier alpha value is -1.70. The maximum atomic E-state index is 12.6. The minimum Gasteiger partial charge on any atom is -0.381 e. The summed E-state index contributed by atoms with van der Waals surface area (Å²) in [5.74, 6) is 2.80. The number of nitrogens with one attached hydrogen (secondary N) is 1. The molecule has 1 saturated heterocycles. The van der Waals surface area contributed by atoms with E-state index in [1.54, 1.807) is 18.4 Å². The topological polar surface area (TPSA) is 57.7 Å². The van der Waals surface area contributed by atoms with Gasteiger partial charge in [-0.15, -0.1) is 11.3 Å². The van der Waals surface area contributed by atoms with Gasteiger partial charge in [-0.1, -0.05) is 0 Å². The number of nitrogens with zero attached hydrogens (tertiary/aromatic N) is 3. The fourth-order valence-corrected chi connectivity index (χ4v) is 7.17. The Morgan fingerprint density at radius 3 is 2.51 bits per heavy atom. The van der Waals surface area contributed by atoms with Gasteiger partial charge in [-0.05, 0) is 93.7 Å². The predicted molar refractivity (Wildman–Crippen MR) is 144 cm³/mol. The number of piperazine rings is 1. The molecular formula is C28H42N4O2S. The van der Waals surface area contributed by atoms with E-state index in [0.29, 0.717) is 24.5 Å². The molecule has 7 heteroatoms. The minimum absolute atomic E-state index is 0.278. The number of thiophene rings is 1. The molecule has 2 aromatic rings. The molecule has 1 aliphatic heterocycles. The van der Waals surface area contributed by atoms with Crippen molar-refractivity contribution in [3.8, 4) is 0 Å². The first-order valence-corrected chi connectivity index (χ1v) is 14.7. The van der Waals surface area contributed by atoms with Gasteiger partial charge in [-0.2, -0.15) is 0 Å². The van der Waals surface area contributed by atoms with Crippen molar-refractivity contribution in [1.82, 2.24) is 15.2 Å². The van der Waals surface area contributed by atoms with Crippen LogP contribution in [0.1, 0.15) is 64.2 Å². The van der Waals surface area contributed by atoms with E-state index < -0.39 is 0 Å². The number of rotatable bonds is 8. The van der Waals surface area contributed by atoms with Crippen molar-refractivity contribution in [3.63, 3.8) is 0 Å². The van der Waals surface area contributed by atoms with Crippen molar-refractivity contribution >= 4 is 33.1 Å². The van der Waals surface area contributed by atoms with Crippen LogP contribution >= 0.6 is 11.3 Å². The Bertz CT molecular complexity index is 941. The molecule has 0 unspecified atom stereocenters. The minimum atomic E-state index is 0.278. The molecule has 6 nitrogen and oxygen atoms in total. The van der Waals surface area contributed by atoms with Gasteiger partial charge in [0.2, 0.25) is 5.91 Å². The molecule has 2 aliphatic carbocycles. The maximum Gasteiger partial charge on any atom is 0.220 e. The average molecular weight is 499 g/mol. The number of anilines is 1. The molecule has 192 valence electrons. The van der Waals surface area contributed by atoms with Gasteiger partial charge in [-0.25, -0.2) is 4.98 Å². The summed E-state index contributed by atoms with van der Waals surface area (Å²) in [7, 11) is 1.81. The summed E-state index contributed by atoms with van der Waals surface area (Å²) in [6.45, 7) is 5.58. The van der Waals surface area contributed by atoms with Gasteiger partial charge in [-0.3, -0.25) is 9.69 Å². The van der Waals surface area contributed by atoms with E-state index in [0.717, 1.165) is 76.4 Å². The lowest BCUT2D eigenvalue weighted by Gasteiger charge is -2.37. The zero-order chi connectivity index (χ0) is 24.0. The second kappa shape index (κ2) is 12.0. The Morgan fingerprint density at radius 2 is 1.77 bits per heavy atom. The molecule has 2 saturated carbocycles. The summed E-state index contributed by atoms with van der Waals surface area (Å²) in [5, 5.41) is 6.82. The lowest BCUT2D eigenvalue weighted by molar-refractivity contribution is -0.123. The van der Waals surface area contributed by atoms with Crippen LogP contribution in [0.15, 0.2) is 23.7 Å². The average Bonchev–Trinajstić information content (AvgIpc) is 3.38. The monoisotopic (exact) mass is 498 g/mol. The number of carbonyl (C=O) groups is 1. The highest BCUT2D eigenvalue weighted by Crippen LogP contribution is 2.31. The summed E-state index contributed by atoms with van der Waals surface area (Å²) < 4.78 is 6.79. The van der Waals surface area contributed by atoms with Crippen LogP contribution in [0.2, 0.25) is 0 Å². The van der Waals surface area contributed by atoms with Crippen molar-refractivity contribution in [2.75, 3.05) is 44.7 Å². The van der Waals surface area contributed by atoms with Crippen molar-refractivity contribution < 1.29 is 9.53 Å². The number of hydrogen-bond acceptors (Lipinski definition) is 6. The molecule has 3 heterocycles. The Kier molecular flexibility index (Phi) is 8.58. The summed E-state index contributed by atoms with van der Waals surface area (Å²) in [6, 6.07) is 4.72. The largest absolute Gasteiger partial charge is 0.381 e. The van der Waals surface area contributed by atoms with Crippen LogP contribution in [0.25, 0.3) is 10.1 Å². The van der Waals surface area contributed by atoms with Gasteiger partial charge in [0.15, 0.2) is 0 Å². The van der Waals surface area contributed by atoms with Gasteiger partial charge >= 0.3 is 0 Å². The van der Waals surface area contributed by atoms with Crippen molar-refractivity contribution in [1.29, 1.82) is 0 Å². The summed E-state index contributed by atoms with van der Waals surface area (Å²) in [6.07, 6.45) is 13.7. The lowest BCUT2D eigenvalue weighted by Crippen LogP contribution is -2.47. The van der Waals surface area contributed by atoms with E-state index in [1.807, 2.05) is 6.20 Å². The van der Waals surface area contributed by atoms with Gasteiger partial charge in [0.05, 0.1) is 6.10 Å². The number of amides is 1. The van der Waals surface area contributed by atoms with Crippen LogP contribution in [0.3, 0.4) is 0 Å². The zero-order valence-electron chi connectivity index (χ0n) is 21.3. The number of ether oxygens (including phenoxy) is 1. The smallest absolute Gasteiger partial charge is 0.220 e. The molecule has 1 N–H and O–H groups in total. The molecule has 0 aromatic carbocycles. The molecule has 35 heavy (non-hydrogen) atoms.